The monoisotopic (exact) mass is 222 g/mol. The van der Waals surface area contributed by atoms with Crippen molar-refractivity contribution < 1.29 is 9.66 Å². The van der Waals surface area contributed by atoms with E-state index in [1.54, 1.807) is 6.07 Å². The lowest BCUT2D eigenvalue weighted by molar-refractivity contribution is -0.385. The predicted octanol–water partition coefficient (Wildman–Crippen LogP) is 1.77. The molecule has 0 bridgehead atoms. The van der Waals surface area contributed by atoms with Crippen LogP contribution in [0.2, 0.25) is 0 Å². The van der Waals surface area contributed by atoms with Crippen LogP contribution in [-0.4, -0.2) is 17.1 Å². The minimum absolute atomic E-state index is 0.0440. The number of nitrogens with zero attached hydrogens (tertiary/aromatic N) is 1. The summed E-state index contributed by atoms with van der Waals surface area (Å²) in [6, 6.07) is 4.60. The van der Waals surface area contributed by atoms with Crippen LogP contribution in [0.3, 0.4) is 0 Å². The summed E-state index contributed by atoms with van der Waals surface area (Å²) in [7, 11) is 0. The van der Waals surface area contributed by atoms with Crippen LogP contribution >= 0.6 is 0 Å². The van der Waals surface area contributed by atoms with Gasteiger partial charge >= 0.3 is 0 Å². The van der Waals surface area contributed by atoms with E-state index in [1.165, 1.54) is 12.1 Å². The highest BCUT2D eigenvalue weighted by Gasteiger charge is 2.39. The molecule has 1 fully saturated rings. The van der Waals surface area contributed by atoms with Crippen molar-refractivity contribution in [3.8, 4) is 5.75 Å². The Bertz CT molecular complexity index is 427. The van der Waals surface area contributed by atoms with Crippen LogP contribution < -0.4 is 10.5 Å². The molecule has 1 aromatic carbocycles. The lowest BCUT2D eigenvalue weighted by Gasteiger charge is -2.12. The van der Waals surface area contributed by atoms with Gasteiger partial charge in [0, 0.05) is 6.07 Å². The fraction of sp³-hybridized carbons (Fsp3) is 0.455. The van der Waals surface area contributed by atoms with Crippen LogP contribution in [0.4, 0.5) is 5.69 Å². The molecular formula is C11H14N2O3. The summed E-state index contributed by atoms with van der Waals surface area (Å²) in [5.41, 5.74) is 6.60. The molecule has 1 aliphatic rings. The molecule has 0 heterocycles. The molecule has 86 valence electrons. The highest BCUT2D eigenvalue weighted by molar-refractivity contribution is 5.43. The van der Waals surface area contributed by atoms with Gasteiger partial charge in [-0.1, -0.05) is 0 Å². The van der Waals surface area contributed by atoms with Crippen molar-refractivity contribution >= 4 is 5.69 Å². The number of nitrogens with two attached hydrogens (primary N) is 1. The Labute approximate surface area is 93.4 Å². The van der Waals surface area contributed by atoms with Gasteiger partial charge in [0.2, 0.25) is 0 Å². The van der Waals surface area contributed by atoms with Gasteiger partial charge in [-0.15, -0.1) is 0 Å². The standard InChI is InChI=1S/C11H14N2O3/c1-8-2-3-9(13(14)15)6-10(8)16-7-11(12)4-5-11/h2-3,6H,4-5,7,12H2,1H3. The first kappa shape index (κ1) is 10.9. The minimum atomic E-state index is -0.429. The maximum absolute atomic E-state index is 10.6. The molecular weight excluding hydrogens is 208 g/mol. The normalized spacial score (nSPS) is 16.9. The highest BCUT2D eigenvalue weighted by Crippen LogP contribution is 2.33. The summed E-state index contributed by atoms with van der Waals surface area (Å²) >= 11 is 0. The van der Waals surface area contributed by atoms with E-state index in [2.05, 4.69) is 0 Å². The number of ether oxygens (including phenoxy) is 1. The summed E-state index contributed by atoms with van der Waals surface area (Å²) in [6.45, 7) is 2.28. The van der Waals surface area contributed by atoms with Crippen molar-refractivity contribution in [1.82, 2.24) is 0 Å². The number of rotatable bonds is 4. The zero-order valence-electron chi connectivity index (χ0n) is 9.10. The molecule has 0 aliphatic heterocycles. The summed E-state index contributed by atoms with van der Waals surface area (Å²) in [6.07, 6.45) is 1.92. The molecule has 0 saturated heterocycles. The van der Waals surface area contributed by atoms with Crippen molar-refractivity contribution in [3.63, 3.8) is 0 Å². The molecule has 16 heavy (non-hydrogen) atoms. The Balaban J connectivity index is 2.12. The second-order valence-electron chi connectivity index (χ2n) is 4.36. The molecule has 0 spiro atoms. The SMILES string of the molecule is Cc1ccc([N+](=O)[O-])cc1OCC1(N)CC1. The van der Waals surface area contributed by atoms with Crippen LogP contribution in [0.1, 0.15) is 18.4 Å². The molecule has 0 atom stereocenters. The van der Waals surface area contributed by atoms with E-state index >= 15 is 0 Å². The van der Waals surface area contributed by atoms with Gasteiger partial charge in [0.25, 0.3) is 5.69 Å². The molecule has 1 aromatic rings. The number of hydrogen-bond donors (Lipinski definition) is 1. The fourth-order valence-corrected chi connectivity index (χ4v) is 1.38. The summed E-state index contributed by atoms with van der Waals surface area (Å²) in [5.74, 6) is 0.547. The second kappa shape index (κ2) is 3.75. The van der Waals surface area contributed by atoms with Crippen molar-refractivity contribution in [2.24, 2.45) is 5.73 Å². The molecule has 0 amide bonds. The average molecular weight is 222 g/mol. The number of non-ortho nitro benzene ring substituents is 1. The van der Waals surface area contributed by atoms with Crippen molar-refractivity contribution in [2.45, 2.75) is 25.3 Å². The van der Waals surface area contributed by atoms with E-state index in [0.717, 1.165) is 18.4 Å². The maximum atomic E-state index is 10.6. The van der Waals surface area contributed by atoms with E-state index in [9.17, 15) is 10.1 Å². The first-order valence-corrected chi connectivity index (χ1v) is 5.17. The van der Waals surface area contributed by atoms with E-state index < -0.39 is 4.92 Å². The third-order valence-electron chi connectivity index (χ3n) is 2.79. The third kappa shape index (κ3) is 2.30. The van der Waals surface area contributed by atoms with Gasteiger partial charge in [-0.25, -0.2) is 0 Å². The number of aryl methyl sites for hydroxylation is 1. The molecule has 0 unspecified atom stereocenters. The zero-order chi connectivity index (χ0) is 11.8. The molecule has 2 N–H and O–H groups in total. The van der Waals surface area contributed by atoms with Gasteiger partial charge in [-0.05, 0) is 31.4 Å². The van der Waals surface area contributed by atoms with E-state index in [-0.39, 0.29) is 11.2 Å². The van der Waals surface area contributed by atoms with E-state index in [4.69, 9.17) is 10.5 Å². The highest BCUT2D eigenvalue weighted by atomic mass is 16.6. The second-order valence-corrected chi connectivity index (χ2v) is 4.36. The van der Waals surface area contributed by atoms with Crippen molar-refractivity contribution in [2.75, 3.05) is 6.61 Å². The first-order valence-electron chi connectivity index (χ1n) is 5.17. The summed E-state index contributed by atoms with van der Waals surface area (Å²) < 4.78 is 5.53. The van der Waals surface area contributed by atoms with Crippen LogP contribution in [0.5, 0.6) is 5.75 Å². The number of hydrogen-bond acceptors (Lipinski definition) is 4. The fourth-order valence-electron chi connectivity index (χ4n) is 1.38. The Morgan fingerprint density at radius 1 is 1.56 bits per heavy atom. The number of benzene rings is 1. The van der Waals surface area contributed by atoms with Gasteiger partial charge in [-0.2, -0.15) is 0 Å². The summed E-state index contributed by atoms with van der Waals surface area (Å²) in [5, 5.41) is 10.6. The molecule has 1 saturated carbocycles. The van der Waals surface area contributed by atoms with Gasteiger partial charge in [0.05, 0.1) is 16.5 Å². The molecule has 5 nitrogen and oxygen atoms in total. The summed E-state index contributed by atoms with van der Waals surface area (Å²) in [4.78, 5) is 10.2. The van der Waals surface area contributed by atoms with Crippen LogP contribution in [0, 0.1) is 17.0 Å². The Hall–Kier alpha value is -1.62. The minimum Gasteiger partial charge on any atom is -0.491 e. The number of nitro groups is 1. The largest absolute Gasteiger partial charge is 0.491 e. The molecule has 0 aromatic heterocycles. The third-order valence-corrected chi connectivity index (χ3v) is 2.79. The van der Waals surface area contributed by atoms with Crippen LogP contribution in [0.15, 0.2) is 18.2 Å². The van der Waals surface area contributed by atoms with Crippen LogP contribution in [0.25, 0.3) is 0 Å². The molecule has 0 radical (unpaired) electrons. The lowest BCUT2D eigenvalue weighted by atomic mass is 10.2. The number of nitro benzene ring substituents is 1. The van der Waals surface area contributed by atoms with Gasteiger partial charge in [0.15, 0.2) is 0 Å². The predicted molar refractivity (Wildman–Crippen MR) is 59.5 cm³/mol. The van der Waals surface area contributed by atoms with Crippen molar-refractivity contribution in [1.29, 1.82) is 0 Å². The van der Waals surface area contributed by atoms with Gasteiger partial charge < -0.3 is 10.5 Å². The van der Waals surface area contributed by atoms with Crippen molar-refractivity contribution in [3.05, 3.63) is 33.9 Å². The maximum Gasteiger partial charge on any atom is 0.273 e. The quantitative estimate of drug-likeness (QED) is 0.622. The van der Waals surface area contributed by atoms with E-state index in [1.807, 2.05) is 6.92 Å². The topological polar surface area (TPSA) is 78.4 Å². The molecule has 5 heteroatoms. The Morgan fingerprint density at radius 3 is 2.81 bits per heavy atom. The van der Waals surface area contributed by atoms with E-state index in [0.29, 0.717) is 12.4 Å². The van der Waals surface area contributed by atoms with Gasteiger partial charge in [-0.3, -0.25) is 10.1 Å². The van der Waals surface area contributed by atoms with Gasteiger partial charge in [0.1, 0.15) is 12.4 Å². The molecule has 1 aliphatic carbocycles. The molecule has 2 rings (SSSR count). The Kier molecular flexibility index (Phi) is 2.55. The lowest BCUT2D eigenvalue weighted by Crippen LogP contribution is -2.29. The zero-order valence-corrected chi connectivity index (χ0v) is 9.10. The first-order chi connectivity index (χ1) is 7.50. The average Bonchev–Trinajstić information content (AvgIpc) is 2.95. The smallest absolute Gasteiger partial charge is 0.273 e. The Morgan fingerprint density at radius 2 is 2.25 bits per heavy atom. The van der Waals surface area contributed by atoms with Crippen LogP contribution in [-0.2, 0) is 0 Å².